The first-order chi connectivity index (χ1) is 5.72. The standard InChI is InChI=1S/C8H13B2NO/c9-8(11)5-6-1-3-7(10-12)4-2-6/h1-4,8,10,12H,5,9,11H2/t8-/m0/s1. The van der Waals surface area contributed by atoms with E-state index in [1.54, 1.807) is 0 Å². The van der Waals surface area contributed by atoms with E-state index in [0.29, 0.717) is 0 Å². The monoisotopic (exact) mass is 161 g/mol. The molecule has 0 aliphatic heterocycles. The van der Waals surface area contributed by atoms with E-state index in [-0.39, 0.29) is 13.4 Å². The zero-order chi connectivity index (χ0) is 8.97. The summed E-state index contributed by atoms with van der Waals surface area (Å²) >= 11 is 0. The molecule has 0 fully saturated rings. The van der Waals surface area contributed by atoms with E-state index in [1.807, 2.05) is 32.1 Å². The summed E-state index contributed by atoms with van der Waals surface area (Å²) in [7, 11) is 2.10. The molecular formula is C8H13B2NO. The van der Waals surface area contributed by atoms with Crippen LogP contribution in [0, 0.1) is 0 Å². The van der Waals surface area contributed by atoms with Crippen LogP contribution in [-0.2, 0) is 6.42 Å². The maximum absolute atomic E-state index is 8.79. The summed E-state index contributed by atoms with van der Waals surface area (Å²) in [6.07, 6.45) is 0.895. The molecule has 1 atom stereocenters. The second-order valence-electron chi connectivity index (χ2n) is 3.16. The summed E-state index contributed by atoms with van der Waals surface area (Å²) in [6.45, 7) is 0. The van der Waals surface area contributed by atoms with Crippen molar-refractivity contribution in [2.75, 3.05) is 0 Å². The third kappa shape index (κ3) is 2.72. The van der Waals surface area contributed by atoms with E-state index in [0.717, 1.165) is 11.9 Å². The summed E-state index contributed by atoms with van der Waals surface area (Å²) in [6, 6.07) is 7.87. The number of benzene rings is 1. The average molecular weight is 161 g/mol. The quantitative estimate of drug-likeness (QED) is 0.509. The molecule has 4 heteroatoms. The summed E-state index contributed by atoms with van der Waals surface area (Å²) in [5.41, 5.74) is 7.82. The second-order valence-corrected chi connectivity index (χ2v) is 3.16. The van der Waals surface area contributed by atoms with Gasteiger partial charge in [0, 0.05) is 0 Å². The molecule has 0 saturated heterocycles. The topological polar surface area (TPSA) is 46.2 Å². The van der Waals surface area contributed by atoms with Gasteiger partial charge in [-0.3, -0.25) is 0 Å². The van der Waals surface area contributed by atoms with E-state index in [2.05, 4.69) is 0 Å². The predicted octanol–water partition coefficient (Wildman–Crippen LogP) is -1.88. The summed E-state index contributed by atoms with van der Waals surface area (Å²) < 4.78 is 0. The maximum Gasteiger partial charge on any atom is 0.304 e. The molecule has 3 N–H and O–H groups in total. The number of hydrogen-bond donors (Lipinski definition) is 2. The fourth-order valence-electron chi connectivity index (χ4n) is 1.15. The Morgan fingerprint density at radius 2 is 2.00 bits per heavy atom. The van der Waals surface area contributed by atoms with Crippen molar-refractivity contribution >= 4 is 20.8 Å². The van der Waals surface area contributed by atoms with E-state index in [1.165, 1.54) is 5.56 Å². The minimum atomic E-state index is 0.110. The van der Waals surface area contributed by atoms with Crippen LogP contribution in [0.2, 0.25) is 0 Å². The van der Waals surface area contributed by atoms with Crippen molar-refractivity contribution < 1.29 is 5.02 Å². The van der Waals surface area contributed by atoms with Gasteiger partial charge in [0.05, 0.1) is 0 Å². The third-order valence-electron chi connectivity index (χ3n) is 1.76. The van der Waals surface area contributed by atoms with Crippen LogP contribution in [0.1, 0.15) is 5.56 Å². The smallest absolute Gasteiger partial charge is 0.304 e. The van der Waals surface area contributed by atoms with Gasteiger partial charge in [-0.15, -0.1) is 0 Å². The molecule has 0 heterocycles. The predicted molar refractivity (Wildman–Crippen MR) is 55.7 cm³/mol. The van der Waals surface area contributed by atoms with E-state index >= 15 is 0 Å². The maximum atomic E-state index is 8.79. The van der Waals surface area contributed by atoms with Crippen LogP contribution in [-0.4, -0.2) is 26.3 Å². The highest BCUT2D eigenvalue weighted by molar-refractivity contribution is 6.45. The van der Waals surface area contributed by atoms with E-state index in [4.69, 9.17) is 10.8 Å². The van der Waals surface area contributed by atoms with Crippen LogP contribution >= 0.6 is 0 Å². The van der Waals surface area contributed by atoms with Gasteiger partial charge in [0.2, 0.25) is 0 Å². The lowest BCUT2D eigenvalue weighted by molar-refractivity contribution is 0.615. The number of nitrogens with two attached hydrogens (primary N) is 1. The second kappa shape index (κ2) is 4.33. The Kier molecular flexibility index (Phi) is 3.38. The molecule has 0 aliphatic rings. The largest absolute Gasteiger partial charge is 0.449 e. The Bertz CT molecular complexity index is 235. The Hall–Kier alpha value is -0.730. The highest BCUT2D eigenvalue weighted by atomic mass is 16.2. The molecule has 0 aliphatic carbocycles. The SMILES string of the molecule is B[C@@H](N)Cc1ccc(BO)cc1. The van der Waals surface area contributed by atoms with Crippen molar-refractivity contribution in [1.29, 1.82) is 0 Å². The first-order valence-corrected chi connectivity index (χ1v) is 4.16. The highest BCUT2D eigenvalue weighted by Crippen LogP contribution is 1.98. The summed E-state index contributed by atoms with van der Waals surface area (Å²) in [5.74, 6) is 0.199. The van der Waals surface area contributed by atoms with Crippen molar-refractivity contribution in [2.45, 2.75) is 12.4 Å². The fraction of sp³-hybridized carbons (Fsp3) is 0.250. The third-order valence-corrected chi connectivity index (χ3v) is 1.76. The summed E-state index contributed by atoms with van der Waals surface area (Å²) in [5, 5.41) is 8.79. The van der Waals surface area contributed by atoms with Gasteiger partial charge in [-0.05, 0) is 17.9 Å². The number of hydrogen-bond acceptors (Lipinski definition) is 2. The zero-order valence-electron chi connectivity index (χ0n) is 7.33. The first-order valence-electron chi connectivity index (χ1n) is 4.16. The van der Waals surface area contributed by atoms with Crippen molar-refractivity contribution in [2.24, 2.45) is 5.73 Å². The van der Waals surface area contributed by atoms with Crippen LogP contribution in [0.4, 0.5) is 0 Å². The van der Waals surface area contributed by atoms with Crippen LogP contribution in [0.5, 0.6) is 0 Å². The van der Waals surface area contributed by atoms with Gasteiger partial charge < -0.3 is 10.8 Å². The fourth-order valence-corrected chi connectivity index (χ4v) is 1.15. The summed E-state index contributed by atoms with van der Waals surface area (Å²) in [4.78, 5) is 0. The molecule has 12 heavy (non-hydrogen) atoms. The lowest BCUT2D eigenvalue weighted by Gasteiger charge is -2.04. The minimum absolute atomic E-state index is 0.110. The van der Waals surface area contributed by atoms with Gasteiger partial charge in [0.15, 0.2) is 0 Å². The van der Waals surface area contributed by atoms with Gasteiger partial charge in [0.25, 0.3) is 0 Å². The Morgan fingerprint density at radius 3 is 2.42 bits per heavy atom. The molecule has 1 aromatic rings. The van der Waals surface area contributed by atoms with Gasteiger partial charge in [-0.1, -0.05) is 29.7 Å². The van der Waals surface area contributed by atoms with E-state index in [9.17, 15) is 0 Å². The van der Waals surface area contributed by atoms with Crippen molar-refractivity contribution in [1.82, 2.24) is 0 Å². The van der Waals surface area contributed by atoms with Crippen LogP contribution < -0.4 is 11.2 Å². The van der Waals surface area contributed by atoms with Crippen molar-refractivity contribution in [3.05, 3.63) is 29.8 Å². The van der Waals surface area contributed by atoms with Gasteiger partial charge in [0.1, 0.15) is 7.85 Å². The molecule has 62 valence electrons. The average Bonchev–Trinajstić information content (AvgIpc) is 2.05. The molecule has 0 amide bonds. The number of rotatable bonds is 3. The van der Waals surface area contributed by atoms with E-state index < -0.39 is 0 Å². The molecule has 0 bridgehead atoms. The van der Waals surface area contributed by atoms with Gasteiger partial charge in [-0.25, -0.2) is 0 Å². The molecular weight excluding hydrogens is 148 g/mol. The lowest BCUT2D eigenvalue weighted by Crippen LogP contribution is -2.22. The van der Waals surface area contributed by atoms with Crippen LogP contribution in [0.3, 0.4) is 0 Å². The Balaban J connectivity index is 2.65. The van der Waals surface area contributed by atoms with Gasteiger partial charge >= 0.3 is 7.48 Å². The first kappa shape index (κ1) is 9.36. The normalized spacial score (nSPS) is 12.5. The molecule has 1 aromatic carbocycles. The van der Waals surface area contributed by atoms with Crippen molar-refractivity contribution in [3.8, 4) is 0 Å². The molecule has 2 nitrogen and oxygen atoms in total. The Labute approximate surface area is 74.5 Å². The zero-order valence-corrected chi connectivity index (χ0v) is 7.33. The highest BCUT2D eigenvalue weighted by Gasteiger charge is 1.97. The van der Waals surface area contributed by atoms with Crippen LogP contribution in [0.15, 0.2) is 24.3 Å². The molecule has 1 rings (SSSR count). The molecule has 0 saturated carbocycles. The Morgan fingerprint density at radius 1 is 1.42 bits per heavy atom. The lowest BCUT2D eigenvalue weighted by atomic mass is 9.86. The molecule has 0 spiro atoms. The molecule has 0 radical (unpaired) electrons. The minimum Gasteiger partial charge on any atom is -0.449 e. The van der Waals surface area contributed by atoms with Gasteiger partial charge in [-0.2, -0.15) is 0 Å². The van der Waals surface area contributed by atoms with Crippen LogP contribution in [0.25, 0.3) is 0 Å². The van der Waals surface area contributed by atoms with Crippen molar-refractivity contribution in [3.63, 3.8) is 0 Å². The molecule has 0 unspecified atom stereocenters. The molecule has 0 aromatic heterocycles.